The Morgan fingerprint density at radius 2 is 1.44 bits per heavy atom. The highest BCUT2D eigenvalue weighted by Gasteiger charge is 2.41. The highest BCUT2D eigenvalue weighted by atomic mass is 16.5. The van der Waals surface area contributed by atoms with Crippen molar-refractivity contribution in [2.75, 3.05) is 0 Å². The highest BCUT2D eigenvalue weighted by Crippen LogP contribution is 2.43. The molecule has 32 heavy (non-hydrogen) atoms. The van der Waals surface area contributed by atoms with Gasteiger partial charge in [0.1, 0.15) is 6.10 Å². The van der Waals surface area contributed by atoms with Gasteiger partial charge in [-0.1, -0.05) is 96.5 Å². The summed E-state index contributed by atoms with van der Waals surface area (Å²) in [5.41, 5.74) is 4.21. The summed E-state index contributed by atoms with van der Waals surface area (Å²) in [5, 5.41) is 0. The molecule has 1 aliphatic rings. The summed E-state index contributed by atoms with van der Waals surface area (Å²) < 4.78 is 5.89. The van der Waals surface area contributed by atoms with Crippen LogP contribution >= 0.6 is 0 Å². The van der Waals surface area contributed by atoms with Gasteiger partial charge >= 0.3 is 5.97 Å². The monoisotopic (exact) mass is 434 g/mol. The van der Waals surface area contributed by atoms with Gasteiger partial charge in [0, 0.05) is 11.5 Å². The van der Waals surface area contributed by atoms with E-state index in [4.69, 9.17) is 4.74 Å². The van der Waals surface area contributed by atoms with Crippen LogP contribution in [0.15, 0.2) is 48.5 Å². The Labute approximate surface area is 193 Å². The first kappa shape index (κ1) is 24.2. The van der Waals surface area contributed by atoms with Gasteiger partial charge < -0.3 is 4.74 Å². The van der Waals surface area contributed by atoms with Crippen molar-refractivity contribution < 1.29 is 14.3 Å². The Hall–Kier alpha value is -2.42. The lowest BCUT2D eigenvalue weighted by atomic mass is 9.65. The van der Waals surface area contributed by atoms with Crippen molar-refractivity contribution in [1.29, 1.82) is 0 Å². The van der Waals surface area contributed by atoms with Crippen LogP contribution in [0.2, 0.25) is 0 Å². The number of benzene rings is 2. The number of carbonyl (C=O) groups is 2. The quantitative estimate of drug-likeness (QED) is 0.263. The van der Waals surface area contributed by atoms with E-state index in [9.17, 15) is 9.59 Å². The van der Waals surface area contributed by atoms with E-state index in [-0.39, 0.29) is 17.4 Å². The Bertz CT molecular complexity index is 914. The van der Waals surface area contributed by atoms with Crippen molar-refractivity contribution in [3.63, 3.8) is 0 Å². The molecule has 1 aliphatic carbocycles. The van der Waals surface area contributed by atoms with Gasteiger partial charge in [-0.15, -0.1) is 0 Å². The molecule has 0 N–H and O–H groups in total. The van der Waals surface area contributed by atoms with Gasteiger partial charge in [0.05, 0.1) is 0 Å². The van der Waals surface area contributed by atoms with Crippen LogP contribution in [0.5, 0.6) is 0 Å². The highest BCUT2D eigenvalue weighted by molar-refractivity contribution is 6.40. The van der Waals surface area contributed by atoms with E-state index < -0.39 is 11.8 Å². The van der Waals surface area contributed by atoms with Crippen LogP contribution in [-0.2, 0) is 14.9 Å². The molecule has 0 spiro atoms. The Morgan fingerprint density at radius 1 is 0.875 bits per heavy atom. The number of Topliss-reactive ketones (excluding diaryl/α,β-unsaturated/α-hetero) is 1. The number of hydrogen-bond donors (Lipinski definition) is 0. The molecule has 2 aromatic rings. The van der Waals surface area contributed by atoms with E-state index in [0.29, 0.717) is 17.4 Å². The zero-order valence-corrected chi connectivity index (χ0v) is 20.5. The average Bonchev–Trinajstić information content (AvgIpc) is 2.79. The minimum atomic E-state index is -0.734. The molecule has 0 radical (unpaired) electrons. The number of ether oxygens (including phenoxy) is 1. The molecule has 0 aliphatic heterocycles. The summed E-state index contributed by atoms with van der Waals surface area (Å²) in [4.78, 5) is 25.3. The summed E-state index contributed by atoms with van der Waals surface area (Å²) >= 11 is 0. The molecule has 3 nitrogen and oxygen atoms in total. The molecular weight excluding hydrogens is 396 g/mol. The first-order valence-electron chi connectivity index (χ1n) is 12.1. The van der Waals surface area contributed by atoms with Gasteiger partial charge in [0.25, 0.3) is 5.78 Å². The molecular formula is C29H38O3. The van der Waals surface area contributed by atoms with Crippen LogP contribution in [0, 0.1) is 5.92 Å². The van der Waals surface area contributed by atoms with Crippen molar-refractivity contribution in [2.45, 2.75) is 90.6 Å². The fourth-order valence-electron chi connectivity index (χ4n) is 4.89. The lowest BCUT2D eigenvalue weighted by Crippen LogP contribution is -2.43. The molecule has 0 aromatic heterocycles. The second-order valence-electron chi connectivity index (χ2n) is 10.4. The van der Waals surface area contributed by atoms with Gasteiger partial charge in [-0.3, -0.25) is 4.79 Å². The van der Waals surface area contributed by atoms with Gasteiger partial charge in [0.15, 0.2) is 0 Å². The smallest absolute Gasteiger partial charge is 0.379 e. The van der Waals surface area contributed by atoms with Crippen molar-refractivity contribution in [3.8, 4) is 0 Å². The van der Waals surface area contributed by atoms with Crippen molar-refractivity contribution in [1.82, 2.24) is 0 Å². The lowest BCUT2D eigenvalue weighted by molar-refractivity contribution is -0.149. The van der Waals surface area contributed by atoms with Crippen LogP contribution < -0.4 is 0 Å². The maximum atomic E-state index is 12.7. The third kappa shape index (κ3) is 5.31. The van der Waals surface area contributed by atoms with E-state index in [1.54, 1.807) is 24.3 Å². The van der Waals surface area contributed by atoms with Crippen LogP contribution in [0.3, 0.4) is 0 Å². The van der Waals surface area contributed by atoms with E-state index in [2.05, 4.69) is 59.7 Å². The zero-order valence-electron chi connectivity index (χ0n) is 20.5. The van der Waals surface area contributed by atoms with Crippen LogP contribution in [-0.4, -0.2) is 17.9 Å². The number of ketones is 1. The number of rotatable bonds is 7. The molecule has 1 saturated carbocycles. The summed E-state index contributed by atoms with van der Waals surface area (Å²) in [6.45, 7) is 13.5. The number of hydrogen-bond acceptors (Lipinski definition) is 3. The third-order valence-corrected chi connectivity index (χ3v) is 7.16. The zero-order chi connectivity index (χ0) is 23.5. The molecule has 0 saturated heterocycles. The summed E-state index contributed by atoms with van der Waals surface area (Å²) in [5.74, 6) is -0.219. The normalized spacial score (nSPS) is 19.2. The predicted molar refractivity (Wildman–Crippen MR) is 130 cm³/mol. The standard InChI is InChI=1S/C29H38O3/c1-19(2)22-16-23(20(3)4)18-24(17-22)29(5,6)25-14-10-11-15-26(25)32-28(31)27(30)21-12-8-7-9-13-21/h7-9,12-13,16-20,25-26H,10-11,14-15H2,1-6H3/t25-,26-/m1/s1. The van der Waals surface area contributed by atoms with E-state index in [1.165, 1.54) is 16.7 Å². The fraction of sp³-hybridized carbons (Fsp3) is 0.517. The minimum absolute atomic E-state index is 0.171. The van der Waals surface area contributed by atoms with Crippen molar-refractivity contribution >= 4 is 11.8 Å². The van der Waals surface area contributed by atoms with Gasteiger partial charge in [-0.05, 0) is 53.2 Å². The molecule has 0 bridgehead atoms. The maximum Gasteiger partial charge on any atom is 0.379 e. The Morgan fingerprint density at radius 3 is 2.00 bits per heavy atom. The molecule has 1 fully saturated rings. The number of esters is 1. The van der Waals surface area contributed by atoms with Crippen LogP contribution in [0.1, 0.15) is 106 Å². The first-order chi connectivity index (χ1) is 15.1. The molecule has 3 heteroatoms. The van der Waals surface area contributed by atoms with Gasteiger partial charge in [-0.25, -0.2) is 4.79 Å². The summed E-state index contributed by atoms with van der Waals surface area (Å²) in [6, 6.07) is 15.7. The average molecular weight is 435 g/mol. The largest absolute Gasteiger partial charge is 0.456 e. The van der Waals surface area contributed by atoms with E-state index >= 15 is 0 Å². The van der Waals surface area contributed by atoms with Crippen LogP contribution in [0.25, 0.3) is 0 Å². The topological polar surface area (TPSA) is 43.4 Å². The molecule has 172 valence electrons. The van der Waals surface area contributed by atoms with Crippen LogP contribution in [0.4, 0.5) is 0 Å². The summed E-state index contributed by atoms with van der Waals surface area (Å²) in [7, 11) is 0. The lowest BCUT2D eigenvalue weighted by Gasteiger charge is -2.42. The summed E-state index contributed by atoms with van der Waals surface area (Å²) in [6.07, 6.45) is 3.70. The molecule has 0 heterocycles. The second-order valence-corrected chi connectivity index (χ2v) is 10.4. The number of carbonyl (C=O) groups excluding carboxylic acids is 2. The second kappa shape index (κ2) is 10.0. The molecule has 0 unspecified atom stereocenters. The van der Waals surface area contributed by atoms with Gasteiger partial charge in [0.2, 0.25) is 0 Å². The fourth-order valence-corrected chi connectivity index (χ4v) is 4.89. The minimum Gasteiger partial charge on any atom is -0.456 e. The SMILES string of the molecule is CC(C)c1cc(C(C)C)cc(C(C)(C)[C@@H]2CCCC[C@H]2OC(=O)C(=O)c2ccccc2)c1. The van der Waals surface area contributed by atoms with Crippen molar-refractivity contribution in [3.05, 3.63) is 70.8 Å². The van der Waals surface area contributed by atoms with Gasteiger partial charge in [-0.2, -0.15) is 0 Å². The molecule has 0 amide bonds. The van der Waals surface area contributed by atoms with E-state index in [0.717, 1.165) is 25.7 Å². The van der Waals surface area contributed by atoms with E-state index in [1.807, 2.05) is 6.07 Å². The first-order valence-corrected chi connectivity index (χ1v) is 12.1. The third-order valence-electron chi connectivity index (χ3n) is 7.16. The Balaban J connectivity index is 1.88. The predicted octanol–water partition coefficient (Wildman–Crippen LogP) is 7.20. The molecule has 2 aromatic carbocycles. The molecule has 2 atom stereocenters. The molecule has 3 rings (SSSR count). The van der Waals surface area contributed by atoms with Crippen molar-refractivity contribution in [2.24, 2.45) is 5.92 Å². The Kier molecular flexibility index (Phi) is 7.59. The maximum absolute atomic E-state index is 12.7.